The average molecular weight is 409 g/mol. The van der Waals surface area contributed by atoms with E-state index in [9.17, 15) is 22.7 Å². The topological polar surface area (TPSA) is 122 Å². The minimum Gasteiger partial charge on any atom is -0.382 e. The van der Waals surface area contributed by atoms with E-state index in [2.05, 4.69) is 10.0 Å². The van der Waals surface area contributed by atoms with E-state index in [1.807, 2.05) is 30.3 Å². The molecule has 152 valence electrons. The van der Waals surface area contributed by atoms with Crippen molar-refractivity contribution < 1.29 is 22.7 Å². The largest absolute Gasteiger partial charge is 0.382 e. The molecule has 1 unspecified atom stereocenters. The summed E-state index contributed by atoms with van der Waals surface area (Å²) in [6.07, 6.45) is -0.698. The van der Waals surface area contributed by atoms with Crippen LogP contribution in [0.3, 0.4) is 0 Å². The molecule has 0 fully saturated rings. The average Bonchev–Trinajstić information content (AvgIpc) is 2.68. The second-order valence-corrected chi connectivity index (χ2v) is 8.06. The molecule has 0 spiro atoms. The molecular weight excluding hydrogens is 385 g/mol. The lowest BCUT2D eigenvalue weighted by Gasteiger charge is -2.18. The van der Waals surface area contributed by atoms with E-state index in [0.29, 0.717) is 12.8 Å². The molecule has 0 heterocycles. The van der Waals surface area contributed by atoms with E-state index in [4.69, 9.17) is 5.73 Å². The third-order valence-electron chi connectivity index (χ3n) is 4.06. The third-order valence-corrected chi connectivity index (χ3v) is 5.53. The van der Waals surface area contributed by atoms with Gasteiger partial charge in [-0.2, -0.15) is 0 Å². The number of carbonyl (C=O) groups excluding carboxylic acids is 1. The third kappa shape index (κ3) is 6.68. The molecule has 28 heavy (non-hydrogen) atoms. The summed E-state index contributed by atoms with van der Waals surface area (Å²) >= 11 is 0. The van der Waals surface area contributed by atoms with E-state index in [-0.39, 0.29) is 18.0 Å². The number of benzene rings is 2. The van der Waals surface area contributed by atoms with E-state index in [1.165, 1.54) is 12.1 Å². The van der Waals surface area contributed by atoms with Crippen LogP contribution in [-0.2, 0) is 21.2 Å². The number of hydrogen-bond donors (Lipinski definition) is 4. The lowest BCUT2D eigenvalue weighted by molar-refractivity contribution is -0.130. The Balaban J connectivity index is 1.70. The van der Waals surface area contributed by atoms with Crippen molar-refractivity contribution in [2.24, 2.45) is 5.73 Å². The maximum Gasteiger partial charge on any atom is 0.250 e. The van der Waals surface area contributed by atoms with Crippen molar-refractivity contribution in [3.05, 3.63) is 66.0 Å². The molecule has 0 saturated heterocycles. The second-order valence-electron chi connectivity index (χ2n) is 6.29. The van der Waals surface area contributed by atoms with Gasteiger partial charge in [-0.3, -0.25) is 4.79 Å². The van der Waals surface area contributed by atoms with Crippen LogP contribution in [0.1, 0.15) is 12.0 Å². The Bertz CT molecular complexity index is 861. The van der Waals surface area contributed by atoms with Gasteiger partial charge in [-0.15, -0.1) is 0 Å². The molecule has 0 aliphatic carbocycles. The van der Waals surface area contributed by atoms with E-state index < -0.39 is 33.9 Å². The zero-order valence-corrected chi connectivity index (χ0v) is 16.0. The van der Waals surface area contributed by atoms with Gasteiger partial charge in [0.05, 0.1) is 4.90 Å². The molecule has 2 aromatic carbocycles. The van der Waals surface area contributed by atoms with Crippen molar-refractivity contribution in [2.75, 3.05) is 13.1 Å². The molecule has 2 rings (SSSR count). The number of carbonyl (C=O) groups is 1. The number of aliphatic hydroxyl groups excluding tert-OH is 1. The number of rotatable bonds is 10. The van der Waals surface area contributed by atoms with E-state index in [0.717, 1.165) is 17.7 Å². The van der Waals surface area contributed by atoms with Crippen molar-refractivity contribution in [1.29, 1.82) is 0 Å². The Morgan fingerprint density at radius 2 is 1.71 bits per heavy atom. The summed E-state index contributed by atoms with van der Waals surface area (Å²) in [7, 11) is -3.74. The molecule has 1 amide bonds. The van der Waals surface area contributed by atoms with Gasteiger partial charge in [0.1, 0.15) is 11.9 Å². The summed E-state index contributed by atoms with van der Waals surface area (Å²) in [6, 6.07) is 13.0. The molecule has 0 bridgehead atoms. The molecule has 5 N–H and O–H groups in total. The van der Waals surface area contributed by atoms with Crippen LogP contribution in [0.15, 0.2) is 59.5 Å². The molecule has 0 aliphatic heterocycles. The predicted octanol–water partition coefficient (Wildman–Crippen LogP) is 0.541. The van der Waals surface area contributed by atoms with Crippen LogP contribution in [0, 0.1) is 5.82 Å². The fraction of sp³-hybridized carbons (Fsp3) is 0.316. The molecule has 7 nitrogen and oxygen atoms in total. The SMILES string of the molecule is N[C@@H](Cc1ccccc1)C(O)C(=O)NCCCNS(=O)(=O)c1ccc(F)cc1. The number of nitrogens with two attached hydrogens (primary N) is 1. The first-order valence-electron chi connectivity index (χ1n) is 8.80. The zero-order chi connectivity index (χ0) is 20.6. The molecule has 0 aliphatic rings. The van der Waals surface area contributed by atoms with Crippen molar-refractivity contribution in [2.45, 2.75) is 29.9 Å². The molecule has 2 atom stereocenters. The first-order chi connectivity index (χ1) is 13.3. The Morgan fingerprint density at radius 1 is 1.07 bits per heavy atom. The molecule has 2 aromatic rings. The number of aliphatic hydroxyl groups is 1. The summed E-state index contributed by atoms with van der Waals surface area (Å²) in [4.78, 5) is 11.9. The number of halogens is 1. The standard InChI is InChI=1S/C19H24FN3O4S/c20-15-7-9-16(10-8-15)28(26,27)23-12-4-11-22-19(25)18(24)17(21)13-14-5-2-1-3-6-14/h1-3,5-10,17-18,23-24H,4,11-13,21H2,(H,22,25)/t17-,18?/m0/s1. The van der Waals surface area contributed by atoms with Crippen molar-refractivity contribution in [3.63, 3.8) is 0 Å². The molecular formula is C19H24FN3O4S. The highest BCUT2D eigenvalue weighted by Crippen LogP contribution is 2.09. The Labute approximate surface area is 163 Å². The fourth-order valence-electron chi connectivity index (χ4n) is 2.50. The summed E-state index contributed by atoms with van der Waals surface area (Å²) in [5.74, 6) is -1.13. The minimum absolute atomic E-state index is 0.0414. The van der Waals surface area contributed by atoms with Crippen molar-refractivity contribution in [3.8, 4) is 0 Å². The minimum atomic E-state index is -3.74. The van der Waals surface area contributed by atoms with Crippen LogP contribution in [-0.4, -0.2) is 44.7 Å². The van der Waals surface area contributed by atoms with Crippen LogP contribution < -0.4 is 15.8 Å². The Morgan fingerprint density at radius 3 is 2.36 bits per heavy atom. The zero-order valence-electron chi connectivity index (χ0n) is 15.2. The van der Waals surface area contributed by atoms with Crippen LogP contribution in [0.2, 0.25) is 0 Å². The van der Waals surface area contributed by atoms with Crippen molar-refractivity contribution in [1.82, 2.24) is 10.0 Å². The number of nitrogens with one attached hydrogen (secondary N) is 2. The van der Waals surface area contributed by atoms with Gasteiger partial charge in [0.2, 0.25) is 15.9 Å². The summed E-state index contributed by atoms with van der Waals surface area (Å²) in [5.41, 5.74) is 6.80. The second kappa shape index (κ2) is 10.3. The highest BCUT2D eigenvalue weighted by atomic mass is 32.2. The molecule has 0 radical (unpaired) electrons. The van der Waals surface area contributed by atoms with Gasteiger partial charge < -0.3 is 16.2 Å². The first-order valence-corrected chi connectivity index (χ1v) is 10.3. The quantitative estimate of drug-likeness (QED) is 0.427. The normalized spacial score (nSPS) is 13.7. The number of hydrogen-bond acceptors (Lipinski definition) is 5. The van der Waals surface area contributed by atoms with Gasteiger partial charge in [-0.05, 0) is 42.7 Å². The highest BCUT2D eigenvalue weighted by molar-refractivity contribution is 7.89. The van der Waals surface area contributed by atoms with Crippen LogP contribution in [0.5, 0.6) is 0 Å². The van der Waals surface area contributed by atoms with Crippen LogP contribution >= 0.6 is 0 Å². The lowest BCUT2D eigenvalue weighted by atomic mass is 10.0. The first kappa shape index (κ1) is 22.0. The lowest BCUT2D eigenvalue weighted by Crippen LogP contribution is -2.47. The van der Waals surface area contributed by atoms with Gasteiger partial charge >= 0.3 is 0 Å². The maximum absolute atomic E-state index is 12.9. The van der Waals surface area contributed by atoms with Gasteiger partial charge in [-0.25, -0.2) is 17.5 Å². The Kier molecular flexibility index (Phi) is 8.06. The molecule has 0 saturated carbocycles. The molecule has 0 aromatic heterocycles. The van der Waals surface area contributed by atoms with Crippen LogP contribution in [0.25, 0.3) is 0 Å². The number of sulfonamides is 1. The summed E-state index contributed by atoms with van der Waals surface area (Å²) < 4.78 is 39.3. The Hall–Kier alpha value is -2.33. The van der Waals surface area contributed by atoms with Gasteiger partial charge in [0.15, 0.2) is 0 Å². The summed E-state index contributed by atoms with van der Waals surface area (Å²) in [5, 5.41) is 12.6. The monoisotopic (exact) mass is 409 g/mol. The highest BCUT2D eigenvalue weighted by Gasteiger charge is 2.22. The van der Waals surface area contributed by atoms with Gasteiger partial charge in [-0.1, -0.05) is 30.3 Å². The summed E-state index contributed by atoms with van der Waals surface area (Å²) in [6.45, 7) is 0.242. The van der Waals surface area contributed by atoms with E-state index in [1.54, 1.807) is 0 Å². The van der Waals surface area contributed by atoms with Gasteiger partial charge in [0, 0.05) is 19.1 Å². The maximum atomic E-state index is 12.9. The van der Waals surface area contributed by atoms with Crippen LogP contribution in [0.4, 0.5) is 4.39 Å². The number of amides is 1. The predicted molar refractivity (Wildman–Crippen MR) is 103 cm³/mol. The van der Waals surface area contributed by atoms with Gasteiger partial charge in [0.25, 0.3) is 0 Å². The smallest absolute Gasteiger partial charge is 0.250 e. The van der Waals surface area contributed by atoms with Crippen molar-refractivity contribution >= 4 is 15.9 Å². The fourth-order valence-corrected chi connectivity index (χ4v) is 3.57. The molecule has 9 heteroatoms. The van der Waals surface area contributed by atoms with E-state index >= 15 is 0 Å².